The normalized spacial score (nSPS) is 29.0. The highest BCUT2D eigenvalue weighted by Crippen LogP contribution is 2.38. The minimum Gasteiger partial charge on any atom is -0.327 e. The lowest BCUT2D eigenvalue weighted by Crippen LogP contribution is -2.70. The molecule has 1 amide bonds. The van der Waals surface area contributed by atoms with Crippen LogP contribution < -0.4 is 0 Å². The molecule has 1 aromatic rings. The van der Waals surface area contributed by atoms with Gasteiger partial charge < -0.3 is 4.90 Å². The molecule has 6 heteroatoms. The summed E-state index contributed by atoms with van der Waals surface area (Å²) in [7, 11) is 1.64. The highest BCUT2D eigenvalue weighted by Gasteiger charge is 2.53. The van der Waals surface area contributed by atoms with Gasteiger partial charge in [0.2, 0.25) is 5.91 Å². The summed E-state index contributed by atoms with van der Waals surface area (Å²) in [6, 6.07) is 3.20. The second-order valence-electron chi connectivity index (χ2n) is 6.40. The molecular weight excluding hydrogens is 305 g/mol. The molecule has 1 fully saturated rings. The van der Waals surface area contributed by atoms with Crippen LogP contribution in [0, 0.1) is 11.6 Å². The van der Waals surface area contributed by atoms with Gasteiger partial charge in [-0.1, -0.05) is 6.08 Å². The highest BCUT2D eigenvalue weighted by atomic mass is 19.1. The zero-order chi connectivity index (χ0) is 17.4. The number of piperazine rings is 1. The molecule has 1 aliphatic heterocycles. The lowest BCUT2D eigenvalue weighted by Gasteiger charge is -2.54. The number of rotatable bonds is 4. The van der Waals surface area contributed by atoms with E-state index in [-0.39, 0.29) is 13.1 Å². The van der Waals surface area contributed by atoms with E-state index in [1.807, 2.05) is 0 Å². The molecule has 0 radical (unpaired) electrons. The van der Waals surface area contributed by atoms with E-state index in [1.54, 1.807) is 18.9 Å². The molecule has 126 valence electrons. The average molecular weight is 326 g/mol. The number of benzene rings is 1. The fraction of sp³-hybridized carbons (Fsp3) is 0.471. The Labute approximate surface area is 134 Å². The van der Waals surface area contributed by atoms with E-state index in [0.29, 0.717) is 5.56 Å². The molecule has 2 rings (SSSR count). The van der Waals surface area contributed by atoms with Gasteiger partial charge in [0.25, 0.3) is 0 Å². The zero-order valence-corrected chi connectivity index (χ0v) is 13.6. The van der Waals surface area contributed by atoms with Crippen LogP contribution >= 0.6 is 0 Å². The summed E-state index contributed by atoms with van der Waals surface area (Å²) in [4.78, 5) is 15.9. The number of carbonyl (C=O) groups is 1. The molecule has 0 saturated carbocycles. The smallest absolute Gasteiger partial charge is 0.246 e. The van der Waals surface area contributed by atoms with Crippen molar-refractivity contribution >= 4 is 5.91 Å². The SMILES string of the molecule is C=CCN1C(=O)C(C)(CF)N(C)CC1(C)c1cc(F)cc(F)c1. The number of alkyl halides is 1. The molecule has 1 aromatic carbocycles. The second-order valence-corrected chi connectivity index (χ2v) is 6.40. The van der Waals surface area contributed by atoms with Gasteiger partial charge >= 0.3 is 0 Å². The molecule has 2 atom stereocenters. The van der Waals surface area contributed by atoms with E-state index in [9.17, 15) is 18.0 Å². The van der Waals surface area contributed by atoms with Gasteiger partial charge in [0.05, 0.1) is 5.54 Å². The van der Waals surface area contributed by atoms with E-state index in [4.69, 9.17) is 0 Å². The molecular formula is C17H21F3N2O. The first-order valence-corrected chi connectivity index (χ1v) is 7.36. The van der Waals surface area contributed by atoms with E-state index < -0.39 is 35.3 Å². The van der Waals surface area contributed by atoms with Crippen molar-refractivity contribution in [2.75, 3.05) is 26.8 Å². The number of hydrogen-bond acceptors (Lipinski definition) is 2. The van der Waals surface area contributed by atoms with Gasteiger partial charge in [-0.25, -0.2) is 13.2 Å². The van der Waals surface area contributed by atoms with Gasteiger partial charge in [0.1, 0.15) is 23.8 Å². The molecule has 0 aliphatic carbocycles. The molecule has 1 heterocycles. The van der Waals surface area contributed by atoms with Crippen LogP contribution in [0.25, 0.3) is 0 Å². The Morgan fingerprint density at radius 3 is 2.30 bits per heavy atom. The van der Waals surface area contributed by atoms with Crippen molar-refractivity contribution < 1.29 is 18.0 Å². The van der Waals surface area contributed by atoms with Crippen molar-refractivity contribution in [3.8, 4) is 0 Å². The van der Waals surface area contributed by atoms with Gasteiger partial charge in [0, 0.05) is 19.2 Å². The van der Waals surface area contributed by atoms with Gasteiger partial charge in [-0.15, -0.1) is 6.58 Å². The summed E-state index contributed by atoms with van der Waals surface area (Å²) in [5, 5.41) is 0. The number of carbonyl (C=O) groups excluding carboxylic acids is 1. The van der Waals surface area contributed by atoms with Crippen molar-refractivity contribution in [3.05, 3.63) is 48.1 Å². The van der Waals surface area contributed by atoms with Crippen LogP contribution in [0.3, 0.4) is 0 Å². The molecule has 2 unspecified atom stereocenters. The third-order valence-electron chi connectivity index (χ3n) is 4.75. The van der Waals surface area contributed by atoms with Gasteiger partial charge in [-0.3, -0.25) is 9.69 Å². The van der Waals surface area contributed by atoms with Crippen LogP contribution in [0.2, 0.25) is 0 Å². The Morgan fingerprint density at radius 2 is 1.83 bits per heavy atom. The number of amides is 1. The summed E-state index contributed by atoms with van der Waals surface area (Å²) < 4.78 is 40.8. The average Bonchev–Trinajstić information content (AvgIpc) is 2.48. The molecule has 1 aliphatic rings. The number of likely N-dealkylation sites (N-methyl/N-ethyl adjacent to an activating group) is 1. The zero-order valence-electron chi connectivity index (χ0n) is 13.6. The largest absolute Gasteiger partial charge is 0.327 e. The van der Waals surface area contributed by atoms with Crippen molar-refractivity contribution in [2.45, 2.75) is 24.9 Å². The van der Waals surface area contributed by atoms with Crippen LogP contribution in [0.15, 0.2) is 30.9 Å². The molecule has 0 aromatic heterocycles. The van der Waals surface area contributed by atoms with Crippen LogP contribution in [0.5, 0.6) is 0 Å². The topological polar surface area (TPSA) is 23.6 Å². The van der Waals surface area contributed by atoms with Crippen LogP contribution in [-0.2, 0) is 10.3 Å². The first kappa shape index (κ1) is 17.5. The third kappa shape index (κ3) is 2.76. The van der Waals surface area contributed by atoms with Gasteiger partial charge in [0.15, 0.2) is 0 Å². The number of halogens is 3. The van der Waals surface area contributed by atoms with E-state index >= 15 is 0 Å². The van der Waals surface area contributed by atoms with Crippen LogP contribution in [0.1, 0.15) is 19.4 Å². The van der Waals surface area contributed by atoms with Crippen molar-refractivity contribution in [1.29, 1.82) is 0 Å². The Bertz CT molecular complexity index is 616. The quantitative estimate of drug-likeness (QED) is 0.795. The van der Waals surface area contributed by atoms with E-state index in [1.165, 1.54) is 30.0 Å². The second kappa shape index (κ2) is 6.00. The van der Waals surface area contributed by atoms with Crippen LogP contribution in [-0.4, -0.2) is 48.1 Å². The number of hydrogen-bond donors (Lipinski definition) is 0. The standard InChI is InChI=1S/C17H21F3N2O/c1-5-6-22-15(23)16(2,10-18)21(4)11-17(22,3)12-7-13(19)9-14(20)8-12/h5,7-9H,1,6,10-11H2,2-4H3. The summed E-state index contributed by atoms with van der Waals surface area (Å²) >= 11 is 0. The molecule has 3 nitrogen and oxygen atoms in total. The Kier molecular flexibility index (Phi) is 4.57. The monoisotopic (exact) mass is 326 g/mol. The van der Waals surface area contributed by atoms with Crippen molar-refractivity contribution in [1.82, 2.24) is 9.80 Å². The van der Waals surface area contributed by atoms with Crippen molar-refractivity contribution in [3.63, 3.8) is 0 Å². The lowest BCUT2D eigenvalue weighted by molar-refractivity contribution is -0.162. The van der Waals surface area contributed by atoms with E-state index in [0.717, 1.165) is 6.07 Å². The molecule has 0 bridgehead atoms. The molecule has 1 saturated heterocycles. The fourth-order valence-electron chi connectivity index (χ4n) is 3.08. The Balaban J connectivity index is 2.58. The maximum absolute atomic E-state index is 13.6. The fourth-order valence-corrected chi connectivity index (χ4v) is 3.08. The third-order valence-corrected chi connectivity index (χ3v) is 4.75. The predicted octanol–water partition coefficient (Wildman–Crippen LogP) is 2.87. The molecule has 23 heavy (non-hydrogen) atoms. The maximum Gasteiger partial charge on any atom is 0.246 e. The minimum absolute atomic E-state index is 0.164. The van der Waals surface area contributed by atoms with E-state index in [2.05, 4.69) is 6.58 Å². The first-order valence-electron chi connectivity index (χ1n) is 7.36. The lowest BCUT2D eigenvalue weighted by atomic mass is 9.82. The summed E-state index contributed by atoms with van der Waals surface area (Å²) in [5.74, 6) is -1.86. The molecule has 0 spiro atoms. The molecule has 0 N–H and O–H groups in total. The van der Waals surface area contributed by atoms with Gasteiger partial charge in [-0.05, 0) is 38.6 Å². The Morgan fingerprint density at radius 1 is 1.26 bits per heavy atom. The van der Waals surface area contributed by atoms with Crippen molar-refractivity contribution in [2.24, 2.45) is 0 Å². The summed E-state index contributed by atoms with van der Waals surface area (Å²) in [6.45, 7) is 6.44. The number of nitrogens with zero attached hydrogens (tertiary/aromatic N) is 2. The van der Waals surface area contributed by atoms with Gasteiger partial charge in [-0.2, -0.15) is 0 Å². The Hall–Kier alpha value is -1.82. The minimum atomic E-state index is -1.30. The summed E-state index contributed by atoms with van der Waals surface area (Å²) in [5.41, 5.74) is -1.95. The maximum atomic E-state index is 13.6. The summed E-state index contributed by atoms with van der Waals surface area (Å²) in [6.07, 6.45) is 1.52. The highest BCUT2D eigenvalue weighted by molar-refractivity contribution is 5.88. The van der Waals surface area contributed by atoms with Crippen LogP contribution in [0.4, 0.5) is 13.2 Å². The first-order chi connectivity index (χ1) is 10.7. The predicted molar refractivity (Wildman–Crippen MR) is 82.6 cm³/mol.